The molecular formula is C19H26FN3O3S. The number of benzene rings is 1. The van der Waals surface area contributed by atoms with Crippen LogP contribution in [0.25, 0.3) is 0 Å². The fourth-order valence-corrected chi connectivity index (χ4v) is 5.39. The van der Waals surface area contributed by atoms with E-state index >= 15 is 0 Å². The van der Waals surface area contributed by atoms with Crippen molar-refractivity contribution in [1.82, 2.24) is 14.1 Å². The summed E-state index contributed by atoms with van der Waals surface area (Å²) in [5.41, 5.74) is 1.73. The first-order valence-corrected chi connectivity index (χ1v) is 10.5. The molecule has 1 aromatic carbocycles. The summed E-state index contributed by atoms with van der Waals surface area (Å²) in [7, 11) is -2.17. The molecule has 1 aromatic heterocycles. The molecule has 1 aliphatic heterocycles. The summed E-state index contributed by atoms with van der Waals surface area (Å²) in [6, 6.07) is 4.69. The van der Waals surface area contributed by atoms with Crippen molar-refractivity contribution in [2.75, 3.05) is 20.2 Å². The topological polar surface area (TPSA) is 64.4 Å². The van der Waals surface area contributed by atoms with Crippen molar-refractivity contribution in [2.24, 2.45) is 5.92 Å². The van der Waals surface area contributed by atoms with Gasteiger partial charge in [0.15, 0.2) is 11.6 Å². The van der Waals surface area contributed by atoms with Crippen LogP contribution in [-0.2, 0) is 16.6 Å². The van der Waals surface area contributed by atoms with Crippen molar-refractivity contribution in [1.29, 1.82) is 0 Å². The van der Waals surface area contributed by atoms with Crippen LogP contribution in [0.5, 0.6) is 5.75 Å². The smallest absolute Gasteiger partial charge is 0.246 e. The molecule has 0 radical (unpaired) electrons. The Labute approximate surface area is 160 Å². The minimum atomic E-state index is -3.58. The maximum absolute atomic E-state index is 13.9. The predicted octanol–water partition coefficient (Wildman–Crippen LogP) is 3.12. The van der Waals surface area contributed by atoms with Crippen molar-refractivity contribution < 1.29 is 17.5 Å². The maximum Gasteiger partial charge on any atom is 0.246 e. The highest BCUT2D eigenvalue weighted by Gasteiger charge is 2.32. The first-order valence-electron chi connectivity index (χ1n) is 9.10. The monoisotopic (exact) mass is 395 g/mol. The Bertz CT molecular complexity index is 932. The van der Waals surface area contributed by atoms with E-state index in [-0.39, 0.29) is 10.6 Å². The number of hydrogen-bond donors (Lipinski definition) is 0. The summed E-state index contributed by atoms with van der Waals surface area (Å²) in [4.78, 5) is 0.269. The summed E-state index contributed by atoms with van der Waals surface area (Å²) in [6.07, 6.45) is 1.74. The first kappa shape index (κ1) is 19.8. The maximum atomic E-state index is 13.9. The number of aryl methyl sites for hydroxylation is 1. The van der Waals surface area contributed by atoms with Crippen molar-refractivity contribution in [3.05, 3.63) is 41.0 Å². The summed E-state index contributed by atoms with van der Waals surface area (Å²) in [6.45, 7) is 6.97. The Morgan fingerprint density at radius 2 is 1.93 bits per heavy atom. The van der Waals surface area contributed by atoms with Gasteiger partial charge in [0.1, 0.15) is 4.90 Å². The van der Waals surface area contributed by atoms with Gasteiger partial charge in [0, 0.05) is 13.1 Å². The zero-order chi connectivity index (χ0) is 19.8. The number of sulfonamides is 1. The molecule has 8 heteroatoms. The second-order valence-electron chi connectivity index (χ2n) is 7.21. The van der Waals surface area contributed by atoms with E-state index in [0.29, 0.717) is 42.5 Å². The number of halogens is 1. The number of aromatic nitrogens is 2. The number of rotatable bonds is 5. The molecule has 0 spiro atoms. The van der Waals surface area contributed by atoms with Crippen LogP contribution in [0.1, 0.15) is 36.7 Å². The van der Waals surface area contributed by atoms with Gasteiger partial charge in [-0.25, -0.2) is 12.8 Å². The van der Waals surface area contributed by atoms with Crippen LogP contribution >= 0.6 is 0 Å². The lowest BCUT2D eigenvalue weighted by molar-refractivity contribution is 0.288. The third kappa shape index (κ3) is 3.87. The number of nitrogens with zero attached hydrogens (tertiary/aromatic N) is 3. The number of ether oxygens (including phenoxy) is 1. The lowest BCUT2D eigenvalue weighted by Crippen LogP contribution is -2.38. The van der Waals surface area contributed by atoms with Crippen molar-refractivity contribution in [3.8, 4) is 5.75 Å². The summed E-state index contributed by atoms with van der Waals surface area (Å²) in [5, 5.41) is 4.41. The highest BCUT2D eigenvalue weighted by atomic mass is 32.2. The minimum Gasteiger partial charge on any atom is -0.494 e. The van der Waals surface area contributed by atoms with Gasteiger partial charge in [-0.2, -0.15) is 9.40 Å². The SMILES string of the molecule is COc1ccc(Cn2nc(C)c(S(=O)(=O)N3CCC(C)CC3)c2C)cc1F. The van der Waals surface area contributed by atoms with Gasteiger partial charge < -0.3 is 4.74 Å². The van der Waals surface area contributed by atoms with Crippen LogP contribution in [0.3, 0.4) is 0 Å². The largest absolute Gasteiger partial charge is 0.494 e. The summed E-state index contributed by atoms with van der Waals surface area (Å²) < 4.78 is 48.3. The molecule has 2 aromatic rings. The zero-order valence-corrected chi connectivity index (χ0v) is 17.0. The van der Waals surface area contributed by atoms with Crippen LogP contribution < -0.4 is 4.74 Å². The zero-order valence-electron chi connectivity index (χ0n) is 16.2. The molecule has 0 aliphatic carbocycles. The van der Waals surface area contributed by atoms with Gasteiger partial charge in [0.25, 0.3) is 0 Å². The van der Waals surface area contributed by atoms with Crippen LogP contribution in [-0.4, -0.2) is 42.7 Å². The predicted molar refractivity (Wildman–Crippen MR) is 101 cm³/mol. The quantitative estimate of drug-likeness (QED) is 0.780. The molecule has 1 aliphatic rings. The number of piperidine rings is 1. The van der Waals surface area contributed by atoms with Gasteiger partial charge >= 0.3 is 0 Å². The molecule has 0 N–H and O–H groups in total. The van der Waals surface area contributed by atoms with Gasteiger partial charge in [-0.1, -0.05) is 13.0 Å². The lowest BCUT2D eigenvalue weighted by Gasteiger charge is -2.29. The summed E-state index contributed by atoms with van der Waals surface area (Å²) in [5.74, 6) is 0.271. The van der Waals surface area contributed by atoms with Gasteiger partial charge in [-0.05, 0) is 50.3 Å². The van der Waals surface area contributed by atoms with E-state index in [9.17, 15) is 12.8 Å². The Morgan fingerprint density at radius 1 is 1.26 bits per heavy atom. The van der Waals surface area contributed by atoms with Gasteiger partial charge in [-0.3, -0.25) is 4.68 Å². The average molecular weight is 396 g/mol. The molecule has 0 unspecified atom stereocenters. The third-order valence-electron chi connectivity index (χ3n) is 5.20. The molecule has 3 rings (SSSR count). The van der Waals surface area contributed by atoms with Gasteiger partial charge in [0.2, 0.25) is 10.0 Å². The standard InChI is InChI=1S/C19H26FN3O3S/c1-13-7-9-22(10-8-13)27(24,25)19-14(2)21-23(15(19)3)12-16-5-6-18(26-4)17(20)11-16/h5-6,11,13H,7-10,12H2,1-4H3. The van der Waals surface area contributed by atoms with Crippen LogP contribution in [0, 0.1) is 25.6 Å². The van der Waals surface area contributed by atoms with E-state index in [0.717, 1.165) is 12.8 Å². The molecule has 2 heterocycles. The van der Waals surface area contributed by atoms with Gasteiger partial charge in [0.05, 0.1) is 25.0 Å². The molecule has 6 nitrogen and oxygen atoms in total. The van der Waals surface area contributed by atoms with E-state index in [1.807, 2.05) is 0 Å². The van der Waals surface area contributed by atoms with Crippen molar-refractivity contribution in [3.63, 3.8) is 0 Å². The van der Waals surface area contributed by atoms with Crippen LogP contribution in [0.2, 0.25) is 0 Å². The third-order valence-corrected chi connectivity index (χ3v) is 7.36. The molecule has 0 atom stereocenters. The van der Waals surface area contributed by atoms with E-state index in [1.54, 1.807) is 35.0 Å². The molecule has 0 saturated carbocycles. The fraction of sp³-hybridized carbons (Fsp3) is 0.526. The van der Waals surface area contributed by atoms with Crippen LogP contribution in [0.15, 0.2) is 23.1 Å². The van der Waals surface area contributed by atoms with E-state index < -0.39 is 15.8 Å². The average Bonchev–Trinajstić information content (AvgIpc) is 2.89. The normalized spacial score (nSPS) is 16.6. The Kier molecular flexibility index (Phi) is 5.58. The molecule has 0 amide bonds. The van der Waals surface area contributed by atoms with E-state index in [2.05, 4.69) is 12.0 Å². The van der Waals surface area contributed by atoms with Crippen LogP contribution in [0.4, 0.5) is 4.39 Å². The Morgan fingerprint density at radius 3 is 2.52 bits per heavy atom. The molecule has 1 fully saturated rings. The minimum absolute atomic E-state index is 0.176. The molecule has 0 bridgehead atoms. The van der Waals surface area contributed by atoms with E-state index in [4.69, 9.17) is 4.74 Å². The Balaban J connectivity index is 1.89. The molecule has 148 valence electrons. The number of hydrogen-bond acceptors (Lipinski definition) is 4. The highest BCUT2D eigenvalue weighted by Crippen LogP contribution is 2.28. The first-order chi connectivity index (χ1) is 12.7. The van der Waals surface area contributed by atoms with Crippen molar-refractivity contribution >= 4 is 10.0 Å². The Hall–Kier alpha value is -1.93. The number of methoxy groups -OCH3 is 1. The summed E-state index contributed by atoms with van der Waals surface area (Å²) >= 11 is 0. The van der Waals surface area contributed by atoms with Gasteiger partial charge in [-0.15, -0.1) is 0 Å². The van der Waals surface area contributed by atoms with E-state index in [1.165, 1.54) is 13.2 Å². The molecule has 27 heavy (non-hydrogen) atoms. The second kappa shape index (κ2) is 7.59. The highest BCUT2D eigenvalue weighted by molar-refractivity contribution is 7.89. The molecular weight excluding hydrogens is 369 g/mol. The lowest BCUT2D eigenvalue weighted by atomic mass is 10.0. The fourth-order valence-electron chi connectivity index (χ4n) is 3.54. The van der Waals surface area contributed by atoms with Crippen molar-refractivity contribution in [2.45, 2.75) is 45.1 Å². The second-order valence-corrected chi connectivity index (χ2v) is 9.09. The molecule has 1 saturated heterocycles.